The third kappa shape index (κ3) is 9.81. The lowest BCUT2D eigenvalue weighted by atomic mass is 10.0. The van der Waals surface area contributed by atoms with Crippen molar-refractivity contribution in [3.8, 4) is 17.2 Å². The van der Waals surface area contributed by atoms with Crippen LogP contribution in [0.3, 0.4) is 0 Å². The van der Waals surface area contributed by atoms with E-state index in [0.29, 0.717) is 37.9 Å². The Labute approximate surface area is 279 Å². The highest BCUT2D eigenvalue weighted by atomic mass is 79.9. The van der Waals surface area contributed by atoms with Gasteiger partial charge in [-0.1, -0.05) is 40.2 Å². The molecule has 0 spiro atoms. The summed E-state index contributed by atoms with van der Waals surface area (Å²) in [6, 6.07) is 16.8. The number of nitrogens with one attached hydrogen (secondary N) is 1. The summed E-state index contributed by atoms with van der Waals surface area (Å²) in [7, 11) is -1.14. The minimum absolute atomic E-state index is 0.0264. The molecule has 0 aliphatic carbocycles. The highest BCUT2D eigenvalue weighted by Gasteiger charge is 2.31. The van der Waals surface area contributed by atoms with Crippen molar-refractivity contribution in [3.63, 3.8) is 0 Å². The number of rotatable bonds is 18. The third-order valence-electron chi connectivity index (χ3n) is 7.87. The second-order valence-electron chi connectivity index (χ2n) is 11.1. The van der Waals surface area contributed by atoms with Crippen LogP contribution in [0.2, 0.25) is 0 Å². The average Bonchev–Trinajstić information content (AvgIpc) is 3.07. The van der Waals surface area contributed by atoms with Gasteiger partial charge in [-0.3, -0.25) is 10.1 Å². The fourth-order valence-corrected chi connectivity index (χ4v) is 7.01. The van der Waals surface area contributed by atoms with Gasteiger partial charge in [0.05, 0.1) is 30.6 Å². The van der Waals surface area contributed by atoms with Crippen molar-refractivity contribution in [1.29, 1.82) is 0 Å². The summed E-state index contributed by atoms with van der Waals surface area (Å²) in [6.45, 7) is 2.11. The number of alkyl halides is 1. The molecule has 0 unspecified atom stereocenters. The van der Waals surface area contributed by atoms with Crippen LogP contribution in [0.1, 0.15) is 43.2 Å². The van der Waals surface area contributed by atoms with E-state index in [-0.39, 0.29) is 41.0 Å². The number of hydrogen-bond acceptors (Lipinski definition) is 9. The van der Waals surface area contributed by atoms with Gasteiger partial charge >= 0.3 is 0 Å². The number of nitro benzene ring substituents is 1. The first kappa shape index (κ1) is 35.5. The van der Waals surface area contributed by atoms with E-state index in [1.807, 2.05) is 0 Å². The average molecular weight is 721 g/mol. The normalized spacial score (nSPS) is 13.8. The first-order valence-electron chi connectivity index (χ1n) is 15.3. The number of nitrogens with zero attached hydrogens (tertiary/aromatic N) is 2. The molecule has 3 aromatic rings. The first-order chi connectivity index (χ1) is 22.2. The molecule has 0 saturated carbocycles. The van der Waals surface area contributed by atoms with E-state index in [1.54, 1.807) is 62.8 Å². The second-order valence-corrected chi connectivity index (χ2v) is 13.8. The largest absolute Gasteiger partial charge is 0.497 e. The van der Waals surface area contributed by atoms with Gasteiger partial charge in [0.15, 0.2) is 11.4 Å². The molecule has 1 aliphatic heterocycles. The highest BCUT2D eigenvalue weighted by Crippen LogP contribution is 2.39. The van der Waals surface area contributed by atoms with Gasteiger partial charge in [-0.15, -0.1) is 0 Å². The van der Waals surface area contributed by atoms with E-state index in [2.05, 4.69) is 21.2 Å². The summed E-state index contributed by atoms with van der Waals surface area (Å²) >= 11 is 3.43. The molecule has 0 aromatic heterocycles. The fraction of sp³-hybridized carbons (Fsp3) is 0.455. The lowest BCUT2D eigenvalue weighted by Gasteiger charge is -2.25. The zero-order valence-corrected chi connectivity index (χ0v) is 28.7. The van der Waals surface area contributed by atoms with E-state index in [9.17, 15) is 18.5 Å². The van der Waals surface area contributed by atoms with Gasteiger partial charge in [-0.25, -0.2) is 8.42 Å². The summed E-state index contributed by atoms with van der Waals surface area (Å²) in [6.07, 6.45) is 4.24. The number of methoxy groups -OCH3 is 2. The smallest absolute Gasteiger partial charge is 0.297 e. The molecule has 1 heterocycles. The van der Waals surface area contributed by atoms with E-state index < -0.39 is 14.9 Å². The van der Waals surface area contributed by atoms with Gasteiger partial charge in [0.25, 0.3) is 5.69 Å². The molecule has 0 amide bonds. The van der Waals surface area contributed by atoms with Crippen LogP contribution in [0.5, 0.6) is 17.2 Å². The number of halogens is 1. The van der Waals surface area contributed by atoms with Crippen molar-refractivity contribution >= 4 is 37.3 Å². The quantitative estimate of drug-likeness (QED) is 0.0654. The van der Waals surface area contributed by atoms with E-state index in [4.69, 9.17) is 18.9 Å². The molecule has 1 saturated heterocycles. The summed E-state index contributed by atoms with van der Waals surface area (Å²) in [5, 5.41) is 16.5. The molecule has 0 radical (unpaired) electrons. The van der Waals surface area contributed by atoms with Crippen LogP contribution < -0.4 is 19.5 Å². The van der Waals surface area contributed by atoms with Gasteiger partial charge in [0.2, 0.25) is 10.0 Å². The number of hydrogen-bond donors (Lipinski definition) is 1. The van der Waals surface area contributed by atoms with Gasteiger partial charge in [0, 0.05) is 50.3 Å². The van der Waals surface area contributed by atoms with Crippen LogP contribution in [0, 0.1) is 16.0 Å². The molecular formula is C33H42BrN3O8S. The van der Waals surface area contributed by atoms with E-state index in [0.717, 1.165) is 54.6 Å². The minimum Gasteiger partial charge on any atom is -0.497 e. The zero-order chi connectivity index (χ0) is 32.9. The van der Waals surface area contributed by atoms with Gasteiger partial charge in [-0.2, -0.15) is 4.31 Å². The molecular weight excluding hydrogens is 678 g/mol. The topological polar surface area (TPSA) is 129 Å². The summed E-state index contributed by atoms with van der Waals surface area (Å²) in [5.41, 5.74) is 1.29. The zero-order valence-electron chi connectivity index (χ0n) is 26.3. The van der Waals surface area contributed by atoms with Crippen LogP contribution in [-0.4, -0.2) is 63.6 Å². The minimum atomic E-state index is -4.26. The molecule has 0 atom stereocenters. The Balaban J connectivity index is 1.73. The van der Waals surface area contributed by atoms with Crippen LogP contribution >= 0.6 is 15.9 Å². The highest BCUT2D eigenvalue weighted by molar-refractivity contribution is 9.09. The second kappa shape index (κ2) is 17.5. The van der Waals surface area contributed by atoms with Gasteiger partial charge in [0.1, 0.15) is 11.5 Å². The molecule has 13 heteroatoms. The van der Waals surface area contributed by atoms with Crippen LogP contribution in [-0.2, 0) is 27.8 Å². The Bertz CT molecular complexity index is 1470. The predicted octanol–water partition coefficient (Wildman–Crippen LogP) is 6.79. The first-order valence-corrected chi connectivity index (χ1v) is 17.9. The molecule has 0 bridgehead atoms. The molecule has 46 heavy (non-hydrogen) atoms. The summed E-state index contributed by atoms with van der Waals surface area (Å²) in [4.78, 5) is 11.7. The van der Waals surface area contributed by atoms with Crippen LogP contribution in [0.15, 0.2) is 65.6 Å². The Morgan fingerprint density at radius 3 is 2.04 bits per heavy atom. The Hall–Kier alpha value is -3.39. The number of nitro groups is 1. The van der Waals surface area contributed by atoms with Crippen LogP contribution in [0.4, 0.5) is 11.4 Å². The van der Waals surface area contributed by atoms with Crippen LogP contribution in [0.25, 0.3) is 0 Å². The Morgan fingerprint density at radius 2 is 1.52 bits per heavy atom. The third-order valence-corrected chi connectivity index (χ3v) is 10.2. The lowest BCUT2D eigenvalue weighted by molar-refractivity contribution is -0.384. The van der Waals surface area contributed by atoms with E-state index in [1.165, 1.54) is 10.4 Å². The van der Waals surface area contributed by atoms with E-state index >= 15 is 0 Å². The maximum absolute atomic E-state index is 14.4. The van der Waals surface area contributed by atoms with Gasteiger partial charge < -0.3 is 24.3 Å². The summed E-state index contributed by atoms with van der Waals surface area (Å²) < 4.78 is 52.2. The molecule has 1 N–H and O–H groups in total. The van der Waals surface area contributed by atoms with Crippen molar-refractivity contribution in [2.45, 2.75) is 50.1 Å². The van der Waals surface area contributed by atoms with Crippen molar-refractivity contribution in [1.82, 2.24) is 4.31 Å². The Morgan fingerprint density at radius 1 is 0.935 bits per heavy atom. The summed E-state index contributed by atoms with van der Waals surface area (Å²) in [5.74, 6) is 1.71. The fourth-order valence-electron chi connectivity index (χ4n) is 5.16. The van der Waals surface area contributed by atoms with Crippen molar-refractivity contribution in [3.05, 3.63) is 81.9 Å². The predicted molar refractivity (Wildman–Crippen MR) is 181 cm³/mol. The number of unbranched alkanes of at least 4 members (excludes halogenated alkanes) is 2. The Kier molecular flexibility index (Phi) is 13.5. The number of benzene rings is 3. The maximum atomic E-state index is 14.4. The number of anilines is 1. The number of sulfonamides is 1. The lowest BCUT2D eigenvalue weighted by Crippen LogP contribution is -2.30. The molecule has 1 fully saturated rings. The molecule has 3 aromatic carbocycles. The molecule has 1 aliphatic rings. The SMILES string of the molecule is COc1ccc(CN(Cc2ccc(OC)cc2)S(=O)(=O)c2cc(OCCCCCBr)c(NCC3CCOCC3)c([N+](=O)[O-])c2)cc1. The van der Waals surface area contributed by atoms with Crippen molar-refractivity contribution in [2.75, 3.05) is 51.2 Å². The number of ether oxygens (including phenoxy) is 4. The maximum Gasteiger partial charge on any atom is 0.297 e. The molecule has 250 valence electrons. The van der Waals surface area contributed by atoms with Crippen molar-refractivity contribution < 1.29 is 32.3 Å². The van der Waals surface area contributed by atoms with Crippen molar-refractivity contribution in [2.24, 2.45) is 5.92 Å². The monoisotopic (exact) mass is 719 g/mol. The standard InChI is InChI=1S/C33H42BrN3O8S/c1-42-28-10-6-26(7-11-28)23-36(24-27-8-12-29(43-2)13-9-27)46(40,41)30-20-31(37(38)39)33(35-22-25-14-18-44-19-15-25)32(21-30)45-17-5-3-4-16-34/h6-13,20-21,25,35H,3-5,14-19,22-24H2,1-2H3. The van der Waals surface area contributed by atoms with Gasteiger partial charge in [-0.05, 0) is 73.4 Å². The molecule has 4 rings (SSSR count). The molecule has 11 nitrogen and oxygen atoms in total.